The van der Waals surface area contributed by atoms with Gasteiger partial charge in [0, 0.05) is 5.69 Å². The zero-order chi connectivity index (χ0) is 23.2. The molecule has 6 heteroatoms. The molecule has 0 spiro atoms. The van der Waals surface area contributed by atoms with Crippen molar-refractivity contribution < 1.29 is 4.74 Å². The van der Waals surface area contributed by atoms with Crippen LogP contribution in [0.3, 0.4) is 0 Å². The van der Waals surface area contributed by atoms with Crippen LogP contribution in [0.1, 0.15) is 11.1 Å². The van der Waals surface area contributed by atoms with E-state index in [4.69, 9.17) is 4.74 Å². The van der Waals surface area contributed by atoms with Crippen LogP contribution in [0.5, 0.6) is 5.75 Å². The Kier molecular flexibility index (Phi) is 6.12. The highest BCUT2D eigenvalue weighted by atomic mass is 16.5. The number of anilines is 1. The van der Waals surface area contributed by atoms with Gasteiger partial charge in [-0.1, -0.05) is 72.8 Å². The first-order valence-electron chi connectivity index (χ1n) is 10.9. The number of hydrogen-bond donors (Lipinski definition) is 1. The van der Waals surface area contributed by atoms with E-state index in [1.54, 1.807) is 12.3 Å². The number of ether oxygens (including phenoxy) is 1. The highest BCUT2D eigenvalue weighted by molar-refractivity contribution is 5.83. The van der Waals surface area contributed by atoms with Gasteiger partial charge in [0.15, 0.2) is 0 Å². The smallest absolute Gasteiger partial charge is 0.282 e. The molecule has 1 heterocycles. The highest BCUT2D eigenvalue weighted by Gasteiger charge is 2.11. The Morgan fingerprint density at radius 3 is 2.41 bits per heavy atom. The van der Waals surface area contributed by atoms with Crippen molar-refractivity contribution >= 4 is 23.1 Å². The molecule has 0 fully saturated rings. The number of para-hydroxylation sites is 2. The van der Waals surface area contributed by atoms with Crippen LogP contribution in [0.4, 0.5) is 5.95 Å². The average molecular weight is 447 g/mol. The molecule has 1 N–H and O–H groups in total. The van der Waals surface area contributed by atoms with Crippen LogP contribution in [0.25, 0.3) is 16.6 Å². The number of rotatable bonds is 7. The van der Waals surface area contributed by atoms with Crippen LogP contribution in [0.15, 0.2) is 119 Å². The Balaban J connectivity index is 1.40. The summed E-state index contributed by atoms with van der Waals surface area (Å²) >= 11 is 0. The Morgan fingerprint density at radius 2 is 1.59 bits per heavy atom. The summed E-state index contributed by atoms with van der Waals surface area (Å²) in [5.74, 6) is 1.08. The predicted molar refractivity (Wildman–Crippen MR) is 136 cm³/mol. The maximum atomic E-state index is 12.6. The van der Waals surface area contributed by atoms with Gasteiger partial charge in [-0.05, 0) is 47.5 Å². The topological polar surface area (TPSA) is 68.5 Å². The van der Waals surface area contributed by atoms with Crippen molar-refractivity contribution in [3.63, 3.8) is 0 Å². The lowest BCUT2D eigenvalue weighted by Crippen LogP contribution is -2.16. The third-order valence-corrected chi connectivity index (χ3v) is 5.29. The SMILES string of the molecule is O=c1nc(N/N=C\c2cccc(OCc3ccccc3)c2)n(-c2ccccc2)c2ccccc12. The standard InChI is InChI=1S/C28H22N4O2/c33-27-25-16-7-8-17-26(25)32(23-13-5-2-6-14-23)28(30-27)31-29-19-22-12-9-15-24(18-22)34-20-21-10-3-1-4-11-21/h1-19H,20H2,(H,30,31,33)/b29-19-. The molecule has 0 saturated carbocycles. The molecule has 166 valence electrons. The van der Waals surface area contributed by atoms with E-state index in [1.165, 1.54) is 0 Å². The minimum Gasteiger partial charge on any atom is -0.489 e. The average Bonchev–Trinajstić information content (AvgIpc) is 2.89. The summed E-state index contributed by atoms with van der Waals surface area (Å²) in [4.78, 5) is 16.9. The van der Waals surface area contributed by atoms with Crippen LogP contribution in [0, 0.1) is 0 Å². The molecular weight excluding hydrogens is 424 g/mol. The molecule has 0 saturated heterocycles. The fourth-order valence-electron chi connectivity index (χ4n) is 3.67. The summed E-state index contributed by atoms with van der Waals surface area (Å²) in [7, 11) is 0. The molecule has 6 nitrogen and oxygen atoms in total. The minimum absolute atomic E-state index is 0.309. The molecule has 0 unspecified atom stereocenters. The van der Waals surface area contributed by atoms with Gasteiger partial charge < -0.3 is 4.74 Å². The Labute approximate surface area is 196 Å². The summed E-state index contributed by atoms with van der Waals surface area (Å²) in [6.07, 6.45) is 1.67. The zero-order valence-electron chi connectivity index (χ0n) is 18.3. The molecule has 0 amide bonds. The van der Waals surface area contributed by atoms with E-state index in [0.717, 1.165) is 28.1 Å². The van der Waals surface area contributed by atoms with Crippen molar-refractivity contribution in [1.82, 2.24) is 9.55 Å². The van der Waals surface area contributed by atoms with E-state index in [-0.39, 0.29) is 5.56 Å². The number of nitrogens with one attached hydrogen (secondary N) is 1. The summed E-state index contributed by atoms with van der Waals surface area (Å²) < 4.78 is 7.78. The number of benzene rings is 4. The molecule has 0 atom stereocenters. The number of hydrazone groups is 1. The monoisotopic (exact) mass is 446 g/mol. The normalized spacial score (nSPS) is 11.1. The summed E-state index contributed by atoms with van der Waals surface area (Å²) in [5, 5.41) is 4.90. The molecular formula is C28H22N4O2. The largest absolute Gasteiger partial charge is 0.489 e. The third kappa shape index (κ3) is 4.71. The lowest BCUT2D eigenvalue weighted by Gasteiger charge is -2.15. The van der Waals surface area contributed by atoms with Gasteiger partial charge in [-0.3, -0.25) is 9.36 Å². The second-order valence-electron chi connectivity index (χ2n) is 7.65. The second kappa shape index (κ2) is 9.83. The van der Waals surface area contributed by atoms with E-state index in [9.17, 15) is 4.79 Å². The van der Waals surface area contributed by atoms with Crippen molar-refractivity contribution in [1.29, 1.82) is 0 Å². The van der Waals surface area contributed by atoms with E-state index in [1.807, 2.05) is 108 Å². The summed E-state index contributed by atoms with van der Waals surface area (Å²) in [6.45, 7) is 0.490. The van der Waals surface area contributed by atoms with Crippen LogP contribution in [-0.4, -0.2) is 15.8 Å². The molecule has 5 aromatic rings. The van der Waals surface area contributed by atoms with Gasteiger partial charge in [0.05, 0.1) is 17.1 Å². The van der Waals surface area contributed by atoms with Gasteiger partial charge >= 0.3 is 0 Å². The maximum absolute atomic E-state index is 12.6. The van der Waals surface area contributed by atoms with E-state index < -0.39 is 0 Å². The lowest BCUT2D eigenvalue weighted by molar-refractivity contribution is 0.306. The number of fused-ring (bicyclic) bond motifs is 1. The van der Waals surface area contributed by atoms with Gasteiger partial charge in [-0.15, -0.1) is 0 Å². The van der Waals surface area contributed by atoms with Gasteiger partial charge in [-0.25, -0.2) is 5.43 Å². The number of hydrogen-bond acceptors (Lipinski definition) is 5. The first-order chi connectivity index (χ1) is 16.8. The number of aromatic nitrogens is 2. The van der Waals surface area contributed by atoms with E-state index >= 15 is 0 Å². The van der Waals surface area contributed by atoms with Crippen molar-refractivity contribution in [2.24, 2.45) is 5.10 Å². The van der Waals surface area contributed by atoms with Gasteiger partial charge in [0.2, 0.25) is 5.95 Å². The molecule has 0 radical (unpaired) electrons. The molecule has 4 aromatic carbocycles. The summed E-state index contributed by atoms with van der Waals surface area (Å²) in [6, 6.07) is 34.8. The Bertz CT molecular complexity index is 1500. The molecule has 0 aliphatic heterocycles. The van der Waals surface area contributed by atoms with Gasteiger partial charge in [0.25, 0.3) is 5.56 Å². The van der Waals surface area contributed by atoms with Crippen molar-refractivity contribution in [2.45, 2.75) is 6.61 Å². The fourth-order valence-corrected chi connectivity index (χ4v) is 3.67. The van der Waals surface area contributed by atoms with Crippen molar-refractivity contribution in [2.75, 3.05) is 5.43 Å². The third-order valence-electron chi connectivity index (χ3n) is 5.29. The first kappa shape index (κ1) is 21.2. The highest BCUT2D eigenvalue weighted by Crippen LogP contribution is 2.21. The van der Waals surface area contributed by atoms with Crippen LogP contribution < -0.4 is 15.7 Å². The first-order valence-corrected chi connectivity index (χ1v) is 10.9. The minimum atomic E-state index is -0.309. The van der Waals surface area contributed by atoms with Crippen molar-refractivity contribution in [3.05, 3.63) is 131 Å². The predicted octanol–water partition coefficient (Wildman–Crippen LogP) is 5.41. The lowest BCUT2D eigenvalue weighted by atomic mass is 10.2. The van der Waals surface area contributed by atoms with Crippen LogP contribution in [-0.2, 0) is 6.61 Å². The number of nitrogens with zero attached hydrogens (tertiary/aromatic N) is 3. The molecule has 0 bridgehead atoms. The molecule has 5 rings (SSSR count). The molecule has 0 aliphatic carbocycles. The second-order valence-corrected chi connectivity index (χ2v) is 7.65. The van der Waals surface area contributed by atoms with Gasteiger partial charge in [0.1, 0.15) is 12.4 Å². The Morgan fingerprint density at radius 1 is 0.853 bits per heavy atom. The molecule has 0 aliphatic rings. The Hall–Kier alpha value is -4.71. The van der Waals surface area contributed by atoms with E-state index in [2.05, 4.69) is 15.5 Å². The quantitative estimate of drug-likeness (QED) is 0.268. The van der Waals surface area contributed by atoms with Crippen LogP contribution >= 0.6 is 0 Å². The van der Waals surface area contributed by atoms with Crippen molar-refractivity contribution in [3.8, 4) is 11.4 Å². The molecule has 34 heavy (non-hydrogen) atoms. The summed E-state index contributed by atoms with van der Waals surface area (Å²) in [5.41, 5.74) is 6.23. The van der Waals surface area contributed by atoms with Gasteiger partial charge in [-0.2, -0.15) is 10.1 Å². The maximum Gasteiger partial charge on any atom is 0.282 e. The van der Waals surface area contributed by atoms with E-state index in [0.29, 0.717) is 17.9 Å². The fraction of sp³-hybridized carbons (Fsp3) is 0.0357. The molecule has 1 aromatic heterocycles. The zero-order valence-corrected chi connectivity index (χ0v) is 18.3. The van der Waals surface area contributed by atoms with Crippen LogP contribution in [0.2, 0.25) is 0 Å².